The van der Waals surface area contributed by atoms with Crippen molar-refractivity contribution in [3.8, 4) is 0 Å². The van der Waals surface area contributed by atoms with Crippen LogP contribution in [0.25, 0.3) is 0 Å². The summed E-state index contributed by atoms with van der Waals surface area (Å²) in [5, 5.41) is 0. The maximum absolute atomic E-state index is 13.6. The first-order valence-electron chi connectivity index (χ1n) is 9.16. The zero-order valence-electron chi connectivity index (χ0n) is 15.6. The summed E-state index contributed by atoms with van der Waals surface area (Å²) in [6.45, 7) is 1.96. The van der Waals surface area contributed by atoms with Gasteiger partial charge in [-0.15, -0.1) is 5.48 Å². The predicted octanol–water partition coefficient (Wildman–Crippen LogP) is 5.24. The summed E-state index contributed by atoms with van der Waals surface area (Å²) in [5.74, 6) is -13.7. The van der Waals surface area contributed by atoms with Gasteiger partial charge in [-0.2, -0.15) is 0 Å². The fourth-order valence-corrected chi connectivity index (χ4v) is 2.94. The lowest BCUT2D eigenvalue weighted by Gasteiger charge is -2.23. The number of hydrogen-bond acceptors (Lipinski definition) is 4. The van der Waals surface area contributed by atoms with Crippen molar-refractivity contribution in [1.82, 2.24) is 5.48 Å². The van der Waals surface area contributed by atoms with Crippen LogP contribution in [0.2, 0.25) is 0 Å². The van der Waals surface area contributed by atoms with Gasteiger partial charge in [-0.25, -0.2) is 31.5 Å². The molecule has 0 fully saturated rings. The van der Waals surface area contributed by atoms with Gasteiger partial charge in [-0.3, -0.25) is 0 Å². The summed E-state index contributed by atoms with van der Waals surface area (Å²) < 4.78 is 71.8. The van der Waals surface area contributed by atoms with Crippen molar-refractivity contribution in [2.24, 2.45) is 0 Å². The van der Waals surface area contributed by atoms with Crippen LogP contribution in [-0.4, -0.2) is 18.2 Å². The van der Waals surface area contributed by atoms with Gasteiger partial charge in [0.1, 0.15) is 11.7 Å². The molecule has 2 rings (SSSR count). The molecule has 1 aromatic carbocycles. The molecule has 0 aliphatic heterocycles. The first kappa shape index (κ1) is 22.6. The van der Waals surface area contributed by atoms with Gasteiger partial charge >= 0.3 is 12.1 Å². The number of ether oxygens (including phenoxy) is 1. The second kappa shape index (κ2) is 10.2. The van der Waals surface area contributed by atoms with Gasteiger partial charge in [0, 0.05) is 0 Å². The number of halogens is 5. The second-order valence-electron chi connectivity index (χ2n) is 6.50. The average molecular weight is 421 g/mol. The molecule has 1 unspecified atom stereocenters. The summed E-state index contributed by atoms with van der Waals surface area (Å²) in [5.41, 5.74) is 0.627. The van der Waals surface area contributed by atoms with Gasteiger partial charge in [0.15, 0.2) is 23.3 Å². The van der Waals surface area contributed by atoms with E-state index in [9.17, 15) is 31.5 Å². The monoisotopic (exact) mass is 421 g/mol. The fraction of sp³-hybridized carbons (Fsp3) is 0.474. The molecule has 1 aliphatic carbocycles. The van der Waals surface area contributed by atoms with E-state index in [2.05, 4.69) is 4.84 Å². The molecule has 0 saturated heterocycles. The molecule has 1 amide bonds. The van der Waals surface area contributed by atoms with Crippen molar-refractivity contribution in [2.75, 3.05) is 0 Å². The Labute approximate surface area is 163 Å². The zero-order chi connectivity index (χ0) is 21.6. The number of benzene rings is 1. The number of amides is 1. The Morgan fingerprint density at radius 1 is 1.03 bits per heavy atom. The minimum absolute atomic E-state index is 0.529. The van der Waals surface area contributed by atoms with Gasteiger partial charge in [0.05, 0.1) is 0 Å². The molecular weight excluding hydrogens is 401 g/mol. The molecule has 0 radical (unpaired) electrons. The predicted molar refractivity (Wildman–Crippen MR) is 91.1 cm³/mol. The molecule has 160 valence electrons. The van der Waals surface area contributed by atoms with Crippen molar-refractivity contribution < 1.29 is 41.1 Å². The maximum atomic E-state index is 13.6. The van der Waals surface area contributed by atoms with E-state index in [1.54, 1.807) is 0 Å². The van der Waals surface area contributed by atoms with Crippen LogP contribution in [0.15, 0.2) is 11.6 Å². The molecule has 0 heterocycles. The quantitative estimate of drug-likeness (QED) is 0.224. The smallest absolute Gasteiger partial charge is 0.440 e. The van der Waals surface area contributed by atoms with Crippen LogP contribution in [0, 0.1) is 29.1 Å². The molecule has 0 saturated carbocycles. The average Bonchev–Trinajstić information content (AvgIpc) is 2.73. The fourth-order valence-electron chi connectivity index (χ4n) is 2.94. The topological polar surface area (TPSA) is 64.6 Å². The highest BCUT2D eigenvalue weighted by molar-refractivity contribution is 5.90. The van der Waals surface area contributed by atoms with E-state index in [1.165, 1.54) is 5.48 Å². The number of unbranched alkanes of at least 4 members (excludes halogenated alkanes) is 1. The number of carbonyl (C=O) groups excluding carboxylic acids is 2. The van der Waals surface area contributed by atoms with Crippen molar-refractivity contribution in [2.45, 2.75) is 58.0 Å². The Hall–Kier alpha value is -2.65. The van der Waals surface area contributed by atoms with Gasteiger partial charge in [0.25, 0.3) is 0 Å². The Kier molecular flexibility index (Phi) is 7.98. The van der Waals surface area contributed by atoms with E-state index in [1.807, 2.05) is 13.0 Å². The van der Waals surface area contributed by atoms with E-state index in [0.29, 0.717) is 6.42 Å². The van der Waals surface area contributed by atoms with Crippen molar-refractivity contribution in [1.29, 1.82) is 0 Å². The van der Waals surface area contributed by atoms with E-state index in [0.717, 1.165) is 44.1 Å². The molecule has 0 spiro atoms. The minimum Gasteiger partial charge on any atom is -0.440 e. The lowest BCUT2D eigenvalue weighted by Crippen LogP contribution is -2.33. The van der Waals surface area contributed by atoms with Gasteiger partial charge in [0.2, 0.25) is 5.82 Å². The summed E-state index contributed by atoms with van der Waals surface area (Å²) in [6, 6.07) is 0. The largest absolute Gasteiger partial charge is 0.441 e. The molecule has 5 nitrogen and oxygen atoms in total. The summed E-state index contributed by atoms with van der Waals surface area (Å²) in [4.78, 5) is 27.8. The van der Waals surface area contributed by atoms with E-state index in [-0.39, 0.29) is 0 Å². The highest BCUT2D eigenvalue weighted by atomic mass is 19.2. The van der Waals surface area contributed by atoms with Gasteiger partial charge < -0.3 is 9.57 Å². The summed E-state index contributed by atoms with van der Waals surface area (Å²) in [7, 11) is 0. The van der Waals surface area contributed by atoms with Crippen molar-refractivity contribution in [3.05, 3.63) is 46.3 Å². The van der Waals surface area contributed by atoms with Gasteiger partial charge in [-0.05, 0) is 44.1 Å². The van der Waals surface area contributed by atoms with E-state index >= 15 is 0 Å². The van der Waals surface area contributed by atoms with Crippen molar-refractivity contribution in [3.63, 3.8) is 0 Å². The highest BCUT2D eigenvalue weighted by Gasteiger charge is 2.31. The molecule has 29 heavy (non-hydrogen) atoms. The third-order valence-electron chi connectivity index (χ3n) is 4.45. The van der Waals surface area contributed by atoms with E-state index in [4.69, 9.17) is 4.74 Å². The normalized spacial score (nSPS) is 14.8. The standard InChI is InChI=1S/C19H20F5NO4/c1-2-3-9-11(10-7-5-4-6-8-10)28-19(27)25-29-18(26)12-13(20)15(22)17(24)16(23)14(12)21/h7,11H,2-6,8-9H2,1H3,(H,25,27). The Morgan fingerprint density at radius 3 is 2.21 bits per heavy atom. The third-order valence-corrected chi connectivity index (χ3v) is 4.45. The Bertz CT molecular complexity index is 783. The Balaban J connectivity index is 2.04. The molecule has 1 N–H and O–H groups in total. The van der Waals surface area contributed by atoms with Crippen LogP contribution in [0.1, 0.15) is 62.2 Å². The molecule has 1 atom stereocenters. The summed E-state index contributed by atoms with van der Waals surface area (Å²) in [6.07, 6.45) is 5.87. The number of rotatable bonds is 6. The van der Waals surface area contributed by atoms with Crippen LogP contribution >= 0.6 is 0 Å². The third kappa shape index (κ3) is 5.45. The summed E-state index contributed by atoms with van der Waals surface area (Å²) >= 11 is 0. The van der Waals surface area contributed by atoms with E-state index < -0.39 is 52.8 Å². The first-order chi connectivity index (χ1) is 13.8. The highest BCUT2D eigenvalue weighted by Crippen LogP contribution is 2.26. The SMILES string of the molecule is CCCCC(OC(=O)NOC(=O)c1c(F)c(F)c(F)c(F)c1F)C1=CCCCC1. The van der Waals surface area contributed by atoms with Crippen LogP contribution in [0.5, 0.6) is 0 Å². The number of allylic oxidation sites excluding steroid dienone is 1. The van der Waals surface area contributed by atoms with Crippen LogP contribution < -0.4 is 5.48 Å². The molecule has 10 heteroatoms. The maximum Gasteiger partial charge on any atom is 0.441 e. The lowest BCUT2D eigenvalue weighted by molar-refractivity contribution is 0.0136. The second-order valence-corrected chi connectivity index (χ2v) is 6.50. The van der Waals surface area contributed by atoms with Crippen LogP contribution in [-0.2, 0) is 9.57 Å². The zero-order valence-corrected chi connectivity index (χ0v) is 15.6. The lowest BCUT2D eigenvalue weighted by atomic mass is 9.93. The molecule has 1 aliphatic rings. The molecule has 0 aromatic heterocycles. The van der Waals surface area contributed by atoms with Gasteiger partial charge in [-0.1, -0.05) is 19.4 Å². The molecule has 1 aromatic rings. The number of nitrogens with one attached hydrogen (secondary N) is 1. The number of hydroxylamine groups is 1. The number of carbonyl (C=O) groups is 2. The van der Waals surface area contributed by atoms with Crippen LogP contribution in [0.3, 0.4) is 0 Å². The van der Waals surface area contributed by atoms with Crippen LogP contribution in [0.4, 0.5) is 26.7 Å². The molecular formula is C19H20F5NO4. The minimum atomic E-state index is -2.41. The van der Waals surface area contributed by atoms with Crippen molar-refractivity contribution >= 4 is 12.1 Å². The Morgan fingerprint density at radius 2 is 1.66 bits per heavy atom. The first-order valence-corrected chi connectivity index (χ1v) is 9.16. The molecule has 0 bridgehead atoms. The number of hydrogen-bond donors (Lipinski definition) is 1.